The van der Waals surface area contributed by atoms with Crippen LogP contribution in [-0.4, -0.2) is 0 Å². The molecule has 1 heterocycles. The Morgan fingerprint density at radius 2 is 2.00 bits per heavy atom. The maximum atomic E-state index is 3.08. The third-order valence-corrected chi connectivity index (χ3v) is 2.43. The van der Waals surface area contributed by atoms with E-state index in [0.29, 0.717) is 5.41 Å². The molecule has 0 atom stereocenters. The molecule has 0 bridgehead atoms. The molecular formula is C8H11SY-. The minimum Gasteiger partial charge on any atom is -0.300 e. The van der Waals surface area contributed by atoms with Crippen LogP contribution in [0.3, 0.4) is 0 Å². The van der Waals surface area contributed by atoms with Gasteiger partial charge in [0.25, 0.3) is 0 Å². The van der Waals surface area contributed by atoms with Gasteiger partial charge in [-0.15, -0.1) is 10.3 Å². The molecule has 10 heavy (non-hydrogen) atoms. The molecule has 53 valence electrons. The van der Waals surface area contributed by atoms with Crippen molar-refractivity contribution < 1.29 is 32.7 Å². The van der Waals surface area contributed by atoms with Crippen LogP contribution in [0.1, 0.15) is 25.6 Å². The molecule has 0 saturated carbocycles. The summed E-state index contributed by atoms with van der Waals surface area (Å²) in [6, 6.07) is 4.11. The van der Waals surface area contributed by atoms with Gasteiger partial charge in [0.1, 0.15) is 0 Å². The minimum atomic E-state index is 0. The van der Waals surface area contributed by atoms with Gasteiger partial charge in [0.05, 0.1) is 0 Å². The van der Waals surface area contributed by atoms with Crippen LogP contribution in [0, 0.1) is 5.38 Å². The molecule has 1 aromatic heterocycles. The van der Waals surface area contributed by atoms with Gasteiger partial charge in [-0.05, 0) is 0 Å². The van der Waals surface area contributed by atoms with Crippen molar-refractivity contribution in [1.29, 1.82) is 0 Å². The van der Waals surface area contributed by atoms with Crippen LogP contribution >= 0.6 is 11.3 Å². The normalized spacial score (nSPS) is 10.7. The molecule has 0 N–H and O–H groups in total. The summed E-state index contributed by atoms with van der Waals surface area (Å²) in [6.07, 6.45) is 0. The van der Waals surface area contributed by atoms with Crippen molar-refractivity contribution in [2.75, 3.05) is 0 Å². The molecular weight excluding hydrogens is 217 g/mol. The summed E-state index contributed by atoms with van der Waals surface area (Å²) < 4.78 is 0. The average Bonchev–Trinajstić information content (AvgIpc) is 2.08. The van der Waals surface area contributed by atoms with E-state index >= 15 is 0 Å². The van der Waals surface area contributed by atoms with E-state index in [4.69, 9.17) is 0 Å². The Hall–Kier alpha value is 0.804. The Bertz CT molecular complexity index is 172. The molecule has 1 aromatic rings. The Labute approximate surface area is 91.9 Å². The molecule has 0 fully saturated rings. The van der Waals surface area contributed by atoms with Crippen LogP contribution in [0.4, 0.5) is 0 Å². The Kier molecular flexibility index (Phi) is 4.31. The van der Waals surface area contributed by atoms with E-state index in [9.17, 15) is 0 Å². The van der Waals surface area contributed by atoms with Crippen molar-refractivity contribution in [2.24, 2.45) is 0 Å². The van der Waals surface area contributed by atoms with E-state index in [1.165, 1.54) is 4.88 Å². The number of hydrogen-bond acceptors (Lipinski definition) is 1. The fourth-order valence-corrected chi connectivity index (χ4v) is 1.35. The Morgan fingerprint density at radius 1 is 1.40 bits per heavy atom. The zero-order valence-corrected chi connectivity index (χ0v) is 10.3. The molecule has 2 heteroatoms. The van der Waals surface area contributed by atoms with Crippen LogP contribution in [-0.2, 0) is 38.1 Å². The van der Waals surface area contributed by atoms with Crippen molar-refractivity contribution in [3.8, 4) is 0 Å². The van der Waals surface area contributed by atoms with Gasteiger partial charge in [-0.1, -0.05) is 26.2 Å². The van der Waals surface area contributed by atoms with Crippen LogP contribution in [0.15, 0.2) is 12.1 Å². The topological polar surface area (TPSA) is 0 Å². The fraction of sp³-hybridized carbons (Fsp3) is 0.500. The molecule has 0 nitrogen and oxygen atoms in total. The predicted molar refractivity (Wildman–Crippen MR) is 41.9 cm³/mol. The zero-order chi connectivity index (χ0) is 6.91. The third-order valence-electron chi connectivity index (χ3n) is 1.21. The van der Waals surface area contributed by atoms with E-state index in [2.05, 4.69) is 32.2 Å². The second-order valence-electron chi connectivity index (χ2n) is 3.17. The Balaban J connectivity index is 0.000000810. The molecule has 1 radical (unpaired) electrons. The molecule has 0 aliphatic rings. The molecule has 0 aliphatic heterocycles. The van der Waals surface area contributed by atoms with Gasteiger partial charge in [0.15, 0.2) is 0 Å². The Morgan fingerprint density at radius 3 is 2.20 bits per heavy atom. The van der Waals surface area contributed by atoms with Gasteiger partial charge in [0, 0.05) is 32.7 Å². The molecule has 0 aromatic carbocycles. The third kappa shape index (κ3) is 2.81. The second-order valence-corrected chi connectivity index (χ2v) is 4.05. The first-order chi connectivity index (χ1) is 4.11. The maximum absolute atomic E-state index is 3.08. The molecule has 0 unspecified atom stereocenters. The summed E-state index contributed by atoms with van der Waals surface area (Å²) >= 11 is 1.70. The van der Waals surface area contributed by atoms with Crippen LogP contribution in [0.5, 0.6) is 0 Å². The first kappa shape index (κ1) is 10.8. The van der Waals surface area contributed by atoms with Crippen LogP contribution in [0.2, 0.25) is 0 Å². The van der Waals surface area contributed by atoms with Crippen LogP contribution in [0.25, 0.3) is 0 Å². The van der Waals surface area contributed by atoms with Crippen molar-refractivity contribution >= 4 is 11.3 Å². The quantitative estimate of drug-likeness (QED) is 0.599. The number of hydrogen-bond donors (Lipinski definition) is 0. The summed E-state index contributed by atoms with van der Waals surface area (Å²) in [7, 11) is 0. The summed E-state index contributed by atoms with van der Waals surface area (Å²) in [5, 5.41) is 3.08. The molecule has 0 aliphatic carbocycles. The van der Waals surface area contributed by atoms with E-state index in [1.54, 1.807) is 11.3 Å². The fourth-order valence-electron chi connectivity index (χ4n) is 0.644. The second kappa shape index (κ2) is 3.99. The predicted octanol–water partition coefficient (Wildman–Crippen LogP) is 2.84. The summed E-state index contributed by atoms with van der Waals surface area (Å²) in [5.74, 6) is 0. The van der Waals surface area contributed by atoms with Crippen molar-refractivity contribution in [3.05, 3.63) is 22.4 Å². The summed E-state index contributed by atoms with van der Waals surface area (Å²) in [6.45, 7) is 6.64. The smallest absolute Gasteiger partial charge is 0 e. The van der Waals surface area contributed by atoms with E-state index in [0.717, 1.165) is 0 Å². The first-order valence-corrected chi connectivity index (χ1v) is 3.89. The van der Waals surface area contributed by atoms with E-state index < -0.39 is 0 Å². The van der Waals surface area contributed by atoms with Gasteiger partial charge < -0.3 is 0 Å². The van der Waals surface area contributed by atoms with E-state index in [1.807, 2.05) is 6.07 Å². The maximum Gasteiger partial charge on any atom is 0 e. The van der Waals surface area contributed by atoms with Crippen molar-refractivity contribution in [2.45, 2.75) is 26.2 Å². The standard InChI is InChI=1S/C8H11S.Y/c1-8(2,3)7-5-4-6-9-7;/h4-5H,1-3H3;/q-1;. The largest absolute Gasteiger partial charge is 0.300 e. The van der Waals surface area contributed by atoms with Crippen molar-refractivity contribution in [3.63, 3.8) is 0 Å². The minimum absolute atomic E-state index is 0. The van der Waals surface area contributed by atoms with Crippen molar-refractivity contribution in [1.82, 2.24) is 0 Å². The van der Waals surface area contributed by atoms with Crippen LogP contribution < -0.4 is 0 Å². The van der Waals surface area contributed by atoms with Gasteiger partial charge in [0.2, 0.25) is 0 Å². The van der Waals surface area contributed by atoms with Gasteiger partial charge in [-0.3, -0.25) is 11.3 Å². The number of thiophene rings is 1. The van der Waals surface area contributed by atoms with E-state index in [-0.39, 0.29) is 32.7 Å². The molecule has 0 saturated heterocycles. The molecule has 0 spiro atoms. The van der Waals surface area contributed by atoms with Gasteiger partial charge in [-0.25, -0.2) is 6.07 Å². The molecule has 1 rings (SSSR count). The summed E-state index contributed by atoms with van der Waals surface area (Å²) in [5.41, 5.74) is 0.310. The zero-order valence-electron chi connectivity index (χ0n) is 6.64. The first-order valence-electron chi connectivity index (χ1n) is 3.07. The van der Waals surface area contributed by atoms with Gasteiger partial charge in [-0.2, -0.15) is 6.07 Å². The SMILES string of the molecule is CC(C)(C)c1cc[c-]s1.[Y]. The monoisotopic (exact) mass is 228 g/mol. The molecule has 0 amide bonds. The summed E-state index contributed by atoms with van der Waals surface area (Å²) in [4.78, 5) is 1.41. The van der Waals surface area contributed by atoms with Gasteiger partial charge >= 0.3 is 0 Å². The number of rotatable bonds is 0. The average molecular weight is 228 g/mol.